The van der Waals surface area contributed by atoms with Crippen molar-refractivity contribution in [2.24, 2.45) is 0 Å². The summed E-state index contributed by atoms with van der Waals surface area (Å²) in [4.78, 5) is 16.7. The van der Waals surface area contributed by atoms with Gasteiger partial charge in [0.15, 0.2) is 0 Å². The fraction of sp³-hybridized carbons (Fsp3) is 0.143. The Labute approximate surface area is 115 Å². The van der Waals surface area contributed by atoms with Crippen molar-refractivity contribution < 1.29 is 9.90 Å². The maximum absolute atomic E-state index is 11.9. The lowest BCUT2D eigenvalue weighted by molar-refractivity contribution is 0.0951. The van der Waals surface area contributed by atoms with Crippen molar-refractivity contribution in [1.29, 1.82) is 0 Å². The van der Waals surface area contributed by atoms with Crippen molar-refractivity contribution in [2.45, 2.75) is 6.54 Å². The number of thiophene rings is 1. The van der Waals surface area contributed by atoms with Gasteiger partial charge in [0.1, 0.15) is 6.61 Å². The predicted octanol–water partition coefficient (Wildman–Crippen LogP) is 1.42. The second-order valence-corrected chi connectivity index (χ2v) is 4.64. The van der Waals surface area contributed by atoms with Crippen LogP contribution in [0.2, 0.25) is 0 Å². The lowest BCUT2D eigenvalue weighted by Gasteiger charge is -2.03. The van der Waals surface area contributed by atoms with Crippen LogP contribution in [0.25, 0.3) is 0 Å². The van der Waals surface area contributed by atoms with Crippen LogP contribution in [0.4, 0.5) is 0 Å². The molecule has 19 heavy (non-hydrogen) atoms. The first-order valence-electron chi connectivity index (χ1n) is 5.65. The summed E-state index contributed by atoms with van der Waals surface area (Å²) in [5.41, 5.74) is 1.42. The highest BCUT2D eigenvalue weighted by Gasteiger charge is 2.07. The summed E-state index contributed by atoms with van der Waals surface area (Å²) in [5, 5.41) is 13.4. The Morgan fingerprint density at radius 1 is 1.37 bits per heavy atom. The minimum atomic E-state index is -0.168. The molecule has 0 spiro atoms. The van der Waals surface area contributed by atoms with Gasteiger partial charge in [-0.25, -0.2) is 0 Å². The summed E-state index contributed by atoms with van der Waals surface area (Å²) < 4.78 is 0. The van der Waals surface area contributed by atoms with E-state index >= 15 is 0 Å². The second-order valence-electron chi connectivity index (χ2n) is 3.64. The first-order valence-corrected chi connectivity index (χ1v) is 6.53. The molecule has 0 saturated carbocycles. The molecule has 2 N–H and O–H groups in total. The van der Waals surface area contributed by atoms with Gasteiger partial charge in [-0.2, -0.15) is 0 Å². The number of aliphatic hydroxyl groups is 1. The Kier molecular flexibility index (Phi) is 4.67. The first-order chi connectivity index (χ1) is 9.31. The molecule has 0 saturated heterocycles. The molecular formula is C14H12N2O2S. The van der Waals surface area contributed by atoms with Crippen LogP contribution in [-0.2, 0) is 6.54 Å². The van der Waals surface area contributed by atoms with Gasteiger partial charge in [0.25, 0.3) is 5.91 Å². The third kappa shape index (κ3) is 3.65. The van der Waals surface area contributed by atoms with Crippen molar-refractivity contribution in [3.63, 3.8) is 0 Å². The summed E-state index contributed by atoms with van der Waals surface area (Å²) in [6.45, 7) is 0.257. The van der Waals surface area contributed by atoms with Gasteiger partial charge in [0, 0.05) is 28.4 Å². The van der Waals surface area contributed by atoms with Crippen molar-refractivity contribution in [3.05, 3.63) is 52.0 Å². The maximum atomic E-state index is 11.9. The quantitative estimate of drug-likeness (QED) is 0.831. The van der Waals surface area contributed by atoms with Gasteiger partial charge >= 0.3 is 0 Å². The van der Waals surface area contributed by atoms with Crippen LogP contribution in [0.3, 0.4) is 0 Å². The van der Waals surface area contributed by atoms with Gasteiger partial charge in [-0.05, 0) is 23.6 Å². The molecule has 96 valence electrons. The van der Waals surface area contributed by atoms with Gasteiger partial charge in [0.05, 0.1) is 6.54 Å². The molecule has 5 heteroatoms. The van der Waals surface area contributed by atoms with Crippen LogP contribution in [0.1, 0.15) is 20.8 Å². The van der Waals surface area contributed by atoms with Crippen LogP contribution in [0, 0.1) is 11.8 Å². The highest BCUT2D eigenvalue weighted by atomic mass is 32.1. The number of hydrogen-bond donors (Lipinski definition) is 2. The number of hydrogen-bond acceptors (Lipinski definition) is 4. The predicted molar refractivity (Wildman–Crippen MR) is 73.7 cm³/mol. The summed E-state index contributed by atoms with van der Waals surface area (Å²) in [7, 11) is 0. The number of aromatic nitrogens is 1. The Bertz CT molecular complexity index is 611. The molecule has 0 aliphatic carbocycles. The fourth-order valence-corrected chi connectivity index (χ4v) is 2.26. The van der Waals surface area contributed by atoms with E-state index in [-0.39, 0.29) is 12.5 Å². The second kappa shape index (κ2) is 6.69. The van der Waals surface area contributed by atoms with Crippen LogP contribution in [0.15, 0.2) is 36.0 Å². The summed E-state index contributed by atoms with van der Waals surface area (Å²) in [5.74, 6) is 5.32. The SMILES string of the molecule is O=C(NCc1sccc1C#CCO)c1ccncc1. The molecule has 0 aromatic carbocycles. The van der Waals surface area contributed by atoms with E-state index in [1.54, 1.807) is 24.5 Å². The summed E-state index contributed by atoms with van der Waals surface area (Å²) in [6, 6.07) is 5.20. The Morgan fingerprint density at radius 3 is 2.89 bits per heavy atom. The smallest absolute Gasteiger partial charge is 0.251 e. The van der Waals surface area contributed by atoms with Gasteiger partial charge in [-0.3, -0.25) is 9.78 Å². The number of rotatable bonds is 3. The van der Waals surface area contributed by atoms with Crippen LogP contribution < -0.4 is 5.32 Å². The number of nitrogens with one attached hydrogen (secondary N) is 1. The maximum Gasteiger partial charge on any atom is 0.251 e. The number of amides is 1. The molecule has 0 atom stereocenters. The normalized spacial score (nSPS) is 9.53. The average Bonchev–Trinajstić information content (AvgIpc) is 2.91. The zero-order valence-corrected chi connectivity index (χ0v) is 10.9. The molecular weight excluding hydrogens is 260 g/mol. The number of aliphatic hydroxyl groups excluding tert-OH is 1. The van der Waals surface area contributed by atoms with Crippen LogP contribution >= 0.6 is 11.3 Å². The van der Waals surface area contributed by atoms with Gasteiger partial charge in [0.2, 0.25) is 0 Å². The molecule has 2 heterocycles. The Balaban J connectivity index is 2.00. The molecule has 2 rings (SSSR count). The highest BCUT2D eigenvalue weighted by molar-refractivity contribution is 7.10. The minimum Gasteiger partial charge on any atom is -0.384 e. The van der Waals surface area contributed by atoms with Gasteiger partial charge in [-0.1, -0.05) is 11.8 Å². The van der Waals surface area contributed by atoms with E-state index in [2.05, 4.69) is 22.1 Å². The molecule has 0 radical (unpaired) electrons. The van der Waals surface area contributed by atoms with Crippen molar-refractivity contribution in [2.75, 3.05) is 6.61 Å². The molecule has 0 aliphatic heterocycles. The van der Waals surface area contributed by atoms with E-state index in [0.29, 0.717) is 12.1 Å². The lowest BCUT2D eigenvalue weighted by Crippen LogP contribution is -2.22. The molecule has 0 bridgehead atoms. The Hall–Kier alpha value is -2.16. The van der Waals surface area contributed by atoms with E-state index in [1.165, 1.54) is 11.3 Å². The molecule has 0 aliphatic rings. The van der Waals surface area contributed by atoms with Crippen molar-refractivity contribution in [1.82, 2.24) is 10.3 Å². The standard InChI is InChI=1S/C14H12N2O2S/c17-8-1-2-11-5-9-19-13(11)10-16-14(18)12-3-6-15-7-4-12/h3-7,9,17H,8,10H2,(H,16,18). The van der Waals surface area contributed by atoms with E-state index in [1.807, 2.05) is 11.4 Å². The van der Waals surface area contributed by atoms with Gasteiger partial charge in [-0.15, -0.1) is 11.3 Å². The molecule has 1 amide bonds. The van der Waals surface area contributed by atoms with E-state index < -0.39 is 0 Å². The average molecular weight is 272 g/mol. The first kappa shape index (κ1) is 13.3. The number of carbonyl (C=O) groups excluding carboxylic acids is 1. The molecule has 2 aromatic heterocycles. The van der Waals surface area contributed by atoms with Crippen LogP contribution in [0.5, 0.6) is 0 Å². The highest BCUT2D eigenvalue weighted by Crippen LogP contribution is 2.15. The molecule has 0 fully saturated rings. The third-order valence-corrected chi connectivity index (χ3v) is 3.32. The lowest BCUT2D eigenvalue weighted by atomic mass is 10.2. The summed E-state index contributed by atoms with van der Waals surface area (Å²) >= 11 is 1.53. The monoisotopic (exact) mass is 272 g/mol. The number of carbonyl (C=O) groups is 1. The van der Waals surface area contributed by atoms with Gasteiger partial charge < -0.3 is 10.4 Å². The Morgan fingerprint density at radius 2 is 2.16 bits per heavy atom. The van der Waals surface area contributed by atoms with E-state index in [9.17, 15) is 4.79 Å². The zero-order chi connectivity index (χ0) is 13.5. The van der Waals surface area contributed by atoms with Crippen molar-refractivity contribution in [3.8, 4) is 11.8 Å². The zero-order valence-electron chi connectivity index (χ0n) is 10.1. The third-order valence-electron chi connectivity index (χ3n) is 2.40. The largest absolute Gasteiger partial charge is 0.384 e. The summed E-state index contributed by atoms with van der Waals surface area (Å²) in [6.07, 6.45) is 3.16. The van der Waals surface area contributed by atoms with E-state index in [4.69, 9.17) is 5.11 Å². The number of pyridine rings is 1. The fourth-order valence-electron chi connectivity index (χ4n) is 1.49. The van der Waals surface area contributed by atoms with Crippen molar-refractivity contribution >= 4 is 17.2 Å². The minimum absolute atomic E-state index is 0.142. The molecule has 2 aromatic rings. The molecule has 4 nitrogen and oxygen atoms in total. The number of nitrogens with zero attached hydrogens (tertiary/aromatic N) is 1. The topological polar surface area (TPSA) is 62.2 Å². The van der Waals surface area contributed by atoms with E-state index in [0.717, 1.165) is 10.4 Å². The molecule has 0 unspecified atom stereocenters. The van der Waals surface area contributed by atoms with Crippen LogP contribution in [-0.4, -0.2) is 22.6 Å².